The van der Waals surface area contributed by atoms with Crippen LogP contribution < -0.4 is 5.32 Å². The number of rotatable bonds is 3. The maximum Gasteiger partial charge on any atom is 0.0406 e. The van der Waals surface area contributed by atoms with E-state index in [2.05, 4.69) is 68.6 Å². The van der Waals surface area contributed by atoms with Crippen LogP contribution in [0.15, 0.2) is 42.5 Å². The van der Waals surface area contributed by atoms with Crippen molar-refractivity contribution in [1.82, 2.24) is 0 Å². The van der Waals surface area contributed by atoms with Crippen LogP contribution in [0.3, 0.4) is 0 Å². The summed E-state index contributed by atoms with van der Waals surface area (Å²) in [6.45, 7) is 7.34. The third-order valence-corrected chi connectivity index (χ3v) is 3.13. The standard InChI is InChI=1S/C16H19N/c1-12-6-4-9-15(10-12)17-11-16-13(2)7-5-8-14(16)3/h4-10,17H,11H2,1-3H3. The van der Waals surface area contributed by atoms with Crippen molar-refractivity contribution in [2.45, 2.75) is 27.3 Å². The topological polar surface area (TPSA) is 12.0 Å². The normalized spacial score (nSPS) is 10.3. The maximum atomic E-state index is 3.48. The van der Waals surface area contributed by atoms with E-state index in [-0.39, 0.29) is 0 Å². The van der Waals surface area contributed by atoms with Crippen LogP contribution in [0, 0.1) is 20.8 Å². The number of hydrogen-bond donors (Lipinski definition) is 1. The van der Waals surface area contributed by atoms with Crippen LogP contribution in [0.1, 0.15) is 22.3 Å². The first-order chi connectivity index (χ1) is 8.16. The molecule has 0 spiro atoms. The zero-order valence-electron chi connectivity index (χ0n) is 10.7. The van der Waals surface area contributed by atoms with Gasteiger partial charge in [-0.15, -0.1) is 0 Å². The van der Waals surface area contributed by atoms with Crippen LogP contribution in [0.25, 0.3) is 0 Å². The second-order valence-electron chi connectivity index (χ2n) is 4.59. The summed E-state index contributed by atoms with van der Waals surface area (Å²) >= 11 is 0. The van der Waals surface area contributed by atoms with E-state index in [1.54, 1.807) is 0 Å². The number of aryl methyl sites for hydroxylation is 3. The fourth-order valence-corrected chi connectivity index (χ4v) is 2.07. The van der Waals surface area contributed by atoms with E-state index in [9.17, 15) is 0 Å². The van der Waals surface area contributed by atoms with Crippen molar-refractivity contribution in [3.63, 3.8) is 0 Å². The number of hydrogen-bond acceptors (Lipinski definition) is 1. The molecule has 0 aromatic heterocycles. The zero-order chi connectivity index (χ0) is 12.3. The third-order valence-electron chi connectivity index (χ3n) is 3.13. The van der Waals surface area contributed by atoms with Crippen molar-refractivity contribution in [3.05, 3.63) is 64.7 Å². The molecule has 0 aliphatic carbocycles. The van der Waals surface area contributed by atoms with Gasteiger partial charge >= 0.3 is 0 Å². The monoisotopic (exact) mass is 225 g/mol. The molecule has 0 fully saturated rings. The van der Waals surface area contributed by atoms with Crippen molar-refractivity contribution in [1.29, 1.82) is 0 Å². The average Bonchev–Trinajstić information content (AvgIpc) is 2.28. The van der Waals surface area contributed by atoms with Gasteiger partial charge in [0.1, 0.15) is 0 Å². The van der Waals surface area contributed by atoms with E-state index in [1.807, 2.05) is 0 Å². The van der Waals surface area contributed by atoms with Crippen molar-refractivity contribution >= 4 is 5.69 Å². The molecule has 2 aromatic carbocycles. The summed E-state index contributed by atoms with van der Waals surface area (Å²) in [5.74, 6) is 0. The van der Waals surface area contributed by atoms with E-state index < -0.39 is 0 Å². The molecule has 2 aromatic rings. The van der Waals surface area contributed by atoms with Crippen LogP contribution in [0.4, 0.5) is 5.69 Å². The van der Waals surface area contributed by atoms with E-state index in [0.717, 1.165) is 6.54 Å². The lowest BCUT2D eigenvalue weighted by Crippen LogP contribution is -2.03. The lowest BCUT2D eigenvalue weighted by molar-refractivity contribution is 1.09. The van der Waals surface area contributed by atoms with Crippen LogP contribution in [0.5, 0.6) is 0 Å². The van der Waals surface area contributed by atoms with Crippen molar-refractivity contribution in [2.24, 2.45) is 0 Å². The highest BCUT2D eigenvalue weighted by atomic mass is 14.9. The highest BCUT2D eigenvalue weighted by Gasteiger charge is 2.01. The highest BCUT2D eigenvalue weighted by Crippen LogP contribution is 2.16. The van der Waals surface area contributed by atoms with Crippen LogP contribution in [-0.2, 0) is 6.54 Å². The Bertz CT molecular complexity index is 494. The van der Waals surface area contributed by atoms with E-state index in [1.165, 1.54) is 27.9 Å². The first kappa shape index (κ1) is 11.7. The summed E-state index contributed by atoms with van der Waals surface area (Å²) in [6.07, 6.45) is 0. The average molecular weight is 225 g/mol. The minimum Gasteiger partial charge on any atom is -0.381 e. The Balaban J connectivity index is 2.13. The van der Waals surface area contributed by atoms with Gasteiger partial charge in [-0.3, -0.25) is 0 Å². The fraction of sp³-hybridized carbons (Fsp3) is 0.250. The van der Waals surface area contributed by atoms with Crippen LogP contribution in [-0.4, -0.2) is 0 Å². The SMILES string of the molecule is Cc1cccc(NCc2c(C)cccc2C)c1. The molecule has 0 bridgehead atoms. The van der Waals surface area contributed by atoms with Gasteiger partial charge in [-0.25, -0.2) is 0 Å². The quantitative estimate of drug-likeness (QED) is 0.824. The van der Waals surface area contributed by atoms with E-state index >= 15 is 0 Å². The summed E-state index contributed by atoms with van der Waals surface area (Å²) in [4.78, 5) is 0. The Morgan fingerprint density at radius 1 is 0.882 bits per heavy atom. The molecule has 0 unspecified atom stereocenters. The number of benzene rings is 2. The van der Waals surface area contributed by atoms with Gasteiger partial charge in [-0.2, -0.15) is 0 Å². The molecule has 0 saturated carbocycles. The van der Waals surface area contributed by atoms with Gasteiger partial charge in [0.25, 0.3) is 0 Å². The van der Waals surface area contributed by atoms with Gasteiger partial charge < -0.3 is 5.32 Å². The minimum absolute atomic E-state index is 0.891. The molecule has 0 saturated heterocycles. The first-order valence-electron chi connectivity index (χ1n) is 6.02. The molecule has 0 heterocycles. The molecule has 0 atom stereocenters. The van der Waals surface area contributed by atoms with Crippen molar-refractivity contribution in [2.75, 3.05) is 5.32 Å². The van der Waals surface area contributed by atoms with Gasteiger partial charge in [0.05, 0.1) is 0 Å². The van der Waals surface area contributed by atoms with E-state index in [0.29, 0.717) is 0 Å². The first-order valence-corrected chi connectivity index (χ1v) is 6.02. The molecule has 0 amide bonds. The summed E-state index contributed by atoms with van der Waals surface area (Å²) < 4.78 is 0. The maximum absolute atomic E-state index is 3.48. The Morgan fingerprint density at radius 2 is 1.53 bits per heavy atom. The number of nitrogens with one attached hydrogen (secondary N) is 1. The molecular weight excluding hydrogens is 206 g/mol. The second kappa shape index (κ2) is 5.05. The van der Waals surface area contributed by atoms with Crippen molar-refractivity contribution < 1.29 is 0 Å². The fourth-order valence-electron chi connectivity index (χ4n) is 2.07. The molecular formula is C16H19N. The minimum atomic E-state index is 0.891. The molecule has 0 aliphatic heterocycles. The molecule has 1 nitrogen and oxygen atoms in total. The predicted molar refractivity (Wildman–Crippen MR) is 74.4 cm³/mol. The Morgan fingerprint density at radius 3 is 2.18 bits per heavy atom. The predicted octanol–water partition coefficient (Wildman–Crippen LogP) is 4.22. The van der Waals surface area contributed by atoms with Crippen LogP contribution >= 0.6 is 0 Å². The summed E-state index contributed by atoms with van der Waals surface area (Å²) in [5.41, 5.74) is 6.58. The van der Waals surface area contributed by atoms with Gasteiger partial charge in [0.15, 0.2) is 0 Å². The second-order valence-corrected chi connectivity index (χ2v) is 4.59. The molecule has 1 heteroatoms. The smallest absolute Gasteiger partial charge is 0.0406 e. The Kier molecular flexibility index (Phi) is 3.48. The molecule has 88 valence electrons. The summed E-state index contributed by atoms with van der Waals surface area (Å²) in [5, 5.41) is 3.48. The largest absolute Gasteiger partial charge is 0.381 e. The molecule has 0 radical (unpaired) electrons. The third kappa shape index (κ3) is 2.88. The van der Waals surface area contributed by atoms with Gasteiger partial charge in [-0.1, -0.05) is 30.3 Å². The van der Waals surface area contributed by atoms with Gasteiger partial charge in [0.2, 0.25) is 0 Å². The lowest BCUT2D eigenvalue weighted by atomic mass is 10.0. The summed E-state index contributed by atoms with van der Waals surface area (Å²) in [6, 6.07) is 14.9. The highest BCUT2D eigenvalue weighted by molar-refractivity contribution is 5.47. The zero-order valence-corrected chi connectivity index (χ0v) is 10.7. The molecule has 17 heavy (non-hydrogen) atoms. The van der Waals surface area contributed by atoms with E-state index in [4.69, 9.17) is 0 Å². The van der Waals surface area contributed by atoms with Gasteiger partial charge in [-0.05, 0) is 55.2 Å². The Labute approximate surface area is 103 Å². The molecule has 1 N–H and O–H groups in total. The summed E-state index contributed by atoms with van der Waals surface area (Å²) in [7, 11) is 0. The van der Waals surface area contributed by atoms with Crippen molar-refractivity contribution in [3.8, 4) is 0 Å². The molecule has 0 aliphatic rings. The lowest BCUT2D eigenvalue weighted by Gasteiger charge is -2.12. The Hall–Kier alpha value is -1.76. The van der Waals surface area contributed by atoms with Crippen LogP contribution in [0.2, 0.25) is 0 Å². The van der Waals surface area contributed by atoms with Gasteiger partial charge in [0, 0.05) is 12.2 Å². The molecule has 2 rings (SSSR count). The number of anilines is 1.